The van der Waals surface area contributed by atoms with E-state index in [-0.39, 0.29) is 5.41 Å². The van der Waals surface area contributed by atoms with Crippen LogP contribution in [0.4, 0.5) is 0 Å². The van der Waals surface area contributed by atoms with E-state index in [0.717, 1.165) is 19.6 Å². The molecule has 1 fully saturated rings. The van der Waals surface area contributed by atoms with Crippen molar-refractivity contribution in [2.75, 3.05) is 20.1 Å². The van der Waals surface area contributed by atoms with Crippen molar-refractivity contribution in [3.05, 3.63) is 16.1 Å². The number of hydrogen-bond acceptors (Lipinski definition) is 4. The molecule has 96 valence electrons. The van der Waals surface area contributed by atoms with Crippen molar-refractivity contribution in [1.29, 1.82) is 0 Å². The topological polar surface area (TPSA) is 28.2 Å². The van der Waals surface area contributed by atoms with Crippen LogP contribution >= 0.6 is 11.3 Å². The highest BCUT2D eigenvalue weighted by Gasteiger charge is 2.21. The molecule has 0 radical (unpaired) electrons. The molecule has 1 aliphatic heterocycles. The number of hydrogen-bond donors (Lipinski definition) is 1. The first-order valence-electron chi connectivity index (χ1n) is 6.32. The van der Waals surface area contributed by atoms with Crippen molar-refractivity contribution < 1.29 is 0 Å². The maximum Gasteiger partial charge on any atom is 0.107 e. The first-order valence-corrected chi connectivity index (χ1v) is 7.20. The first-order chi connectivity index (χ1) is 7.97. The molecular formula is C13H23N3S. The van der Waals surface area contributed by atoms with E-state index < -0.39 is 0 Å². The monoisotopic (exact) mass is 253 g/mol. The highest BCUT2D eigenvalue weighted by atomic mass is 32.1. The van der Waals surface area contributed by atoms with Crippen LogP contribution in [0.15, 0.2) is 5.38 Å². The third-order valence-corrected chi connectivity index (χ3v) is 4.20. The van der Waals surface area contributed by atoms with Crippen LogP contribution in [-0.2, 0) is 12.0 Å². The van der Waals surface area contributed by atoms with Crippen LogP contribution in [0.25, 0.3) is 0 Å². The lowest BCUT2D eigenvalue weighted by Gasteiger charge is -2.22. The van der Waals surface area contributed by atoms with Crippen LogP contribution in [0, 0.1) is 0 Å². The quantitative estimate of drug-likeness (QED) is 0.895. The molecule has 0 spiro atoms. The number of rotatable bonds is 3. The Hall–Kier alpha value is -0.450. The van der Waals surface area contributed by atoms with Gasteiger partial charge in [-0.1, -0.05) is 20.8 Å². The lowest BCUT2D eigenvalue weighted by Crippen LogP contribution is -2.32. The van der Waals surface area contributed by atoms with E-state index in [9.17, 15) is 0 Å². The molecule has 4 heteroatoms. The summed E-state index contributed by atoms with van der Waals surface area (Å²) in [5.74, 6) is 0. The standard InChI is InChI=1S/C13H23N3S/c1-13(2,3)11-9-17-12(15-11)8-16(4)10-5-6-14-7-10/h9-10,14H,5-8H2,1-4H3. The predicted molar refractivity (Wildman–Crippen MR) is 73.6 cm³/mol. The van der Waals surface area contributed by atoms with Gasteiger partial charge < -0.3 is 5.32 Å². The molecule has 1 aromatic rings. The molecule has 3 nitrogen and oxygen atoms in total. The molecule has 2 heterocycles. The Balaban J connectivity index is 1.96. The molecule has 0 amide bonds. The third-order valence-electron chi connectivity index (χ3n) is 3.36. The van der Waals surface area contributed by atoms with Gasteiger partial charge >= 0.3 is 0 Å². The normalized spacial score (nSPS) is 21.4. The Labute approximate surface area is 108 Å². The van der Waals surface area contributed by atoms with Gasteiger partial charge in [-0.3, -0.25) is 4.90 Å². The molecule has 2 rings (SSSR count). The second-order valence-corrected chi connectivity index (χ2v) is 6.88. The molecule has 1 aromatic heterocycles. The van der Waals surface area contributed by atoms with Crippen LogP contribution in [-0.4, -0.2) is 36.1 Å². The number of nitrogens with one attached hydrogen (secondary N) is 1. The zero-order chi connectivity index (χ0) is 12.5. The molecule has 1 saturated heterocycles. The summed E-state index contributed by atoms with van der Waals surface area (Å²) in [6.07, 6.45) is 1.26. The van der Waals surface area contributed by atoms with Gasteiger partial charge in [0.1, 0.15) is 5.01 Å². The largest absolute Gasteiger partial charge is 0.315 e. The zero-order valence-corrected chi connectivity index (χ0v) is 12.1. The van der Waals surface area contributed by atoms with Gasteiger partial charge in [0.05, 0.1) is 12.2 Å². The summed E-state index contributed by atoms with van der Waals surface area (Å²) in [6, 6.07) is 0.678. The summed E-state index contributed by atoms with van der Waals surface area (Å²) in [6.45, 7) is 9.91. The number of nitrogens with zero attached hydrogens (tertiary/aromatic N) is 2. The molecule has 1 N–H and O–H groups in total. The average molecular weight is 253 g/mol. The fourth-order valence-electron chi connectivity index (χ4n) is 2.09. The van der Waals surface area contributed by atoms with E-state index in [2.05, 4.69) is 43.4 Å². The Kier molecular flexibility index (Phi) is 3.85. The van der Waals surface area contributed by atoms with Crippen molar-refractivity contribution in [2.45, 2.75) is 45.2 Å². The molecule has 1 unspecified atom stereocenters. The van der Waals surface area contributed by atoms with E-state index in [0.29, 0.717) is 6.04 Å². The second kappa shape index (κ2) is 5.04. The fraction of sp³-hybridized carbons (Fsp3) is 0.769. The van der Waals surface area contributed by atoms with Gasteiger partial charge in [0.25, 0.3) is 0 Å². The molecule has 0 saturated carbocycles. The third kappa shape index (κ3) is 3.27. The van der Waals surface area contributed by atoms with Gasteiger partial charge in [0, 0.05) is 23.4 Å². The van der Waals surface area contributed by atoms with Crippen LogP contribution < -0.4 is 5.32 Å². The lowest BCUT2D eigenvalue weighted by atomic mass is 9.93. The van der Waals surface area contributed by atoms with E-state index in [1.54, 1.807) is 11.3 Å². The van der Waals surface area contributed by atoms with Crippen LogP contribution in [0.2, 0.25) is 0 Å². The van der Waals surface area contributed by atoms with Crippen molar-refractivity contribution in [3.63, 3.8) is 0 Å². The Morgan fingerprint density at radius 2 is 2.29 bits per heavy atom. The number of likely N-dealkylation sites (N-methyl/N-ethyl adjacent to an activating group) is 1. The zero-order valence-electron chi connectivity index (χ0n) is 11.3. The maximum absolute atomic E-state index is 4.75. The smallest absolute Gasteiger partial charge is 0.107 e. The fourth-order valence-corrected chi connectivity index (χ4v) is 3.17. The van der Waals surface area contributed by atoms with E-state index in [1.807, 2.05) is 0 Å². The van der Waals surface area contributed by atoms with E-state index in [4.69, 9.17) is 4.98 Å². The molecule has 0 bridgehead atoms. The van der Waals surface area contributed by atoms with Crippen LogP contribution in [0.1, 0.15) is 37.9 Å². The highest BCUT2D eigenvalue weighted by Crippen LogP contribution is 2.24. The minimum atomic E-state index is 0.169. The van der Waals surface area contributed by atoms with Crippen LogP contribution in [0.5, 0.6) is 0 Å². The Bertz CT molecular complexity index is 361. The van der Waals surface area contributed by atoms with E-state index in [1.165, 1.54) is 17.1 Å². The number of aromatic nitrogens is 1. The summed E-state index contributed by atoms with van der Waals surface area (Å²) >= 11 is 1.79. The Morgan fingerprint density at radius 1 is 1.53 bits per heavy atom. The van der Waals surface area contributed by atoms with E-state index >= 15 is 0 Å². The summed E-state index contributed by atoms with van der Waals surface area (Å²) in [7, 11) is 2.20. The molecule has 17 heavy (non-hydrogen) atoms. The van der Waals surface area contributed by atoms with Gasteiger partial charge in [-0.25, -0.2) is 4.98 Å². The average Bonchev–Trinajstić information content (AvgIpc) is 2.85. The lowest BCUT2D eigenvalue weighted by molar-refractivity contribution is 0.248. The minimum Gasteiger partial charge on any atom is -0.315 e. The van der Waals surface area contributed by atoms with Crippen molar-refractivity contribution in [3.8, 4) is 0 Å². The second-order valence-electron chi connectivity index (χ2n) is 5.94. The van der Waals surface area contributed by atoms with Crippen molar-refractivity contribution in [2.24, 2.45) is 0 Å². The predicted octanol–water partition coefficient (Wildman–Crippen LogP) is 2.23. The Morgan fingerprint density at radius 3 is 2.82 bits per heavy atom. The summed E-state index contributed by atoms with van der Waals surface area (Å²) in [5, 5.41) is 6.85. The van der Waals surface area contributed by atoms with Crippen molar-refractivity contribution >= 4 is 11.3 Å². The minimum absolute atomic E-state index is 0.169. The van der Waals surface area contributed by atoms with Gasteiger partial charge in [0.15, 0.2) is 0 Å². The van der Waals surface area contributed by atoms with Gasteiger partial charge in [-0.15, -0.1) is 11.3 Å². The molecule has 0 aliphatic carbocycles. The molecule has 0 aromatic carbocycles. The molecule has 1 aliphatic rings. The summed E-state index contributed by atoms with van der Waals surface area (Å²) < 4.78 is 0. The molecule has 1 atom stereocenters. The van der Waals surface area contributed by atoms with Crippen LogP contribution in [0.3, 0.4) is 0 Å². The highest BCUT2D eigenvalue weighted by molar-refractivity contribution is 7.09. The van der Waals surface area contributed by atoms with Gasteiger partial charge in [-0.05, 0) is 20.0 Å². The summed E-state index contributed by atoms with van der Waals surface area (Å²) in [4.78, 5) is 7.17. The maximum atomic E-state index is 4.75. The SMILES string of the molecule is CN(Cc1nc(C(C)(C)C)cs1)C1CCNC1. The van der Waals surface area contributed by atoms with Gasteiger partial charge in [-0.2, -0.15) is 0 Å². The van der Waals surface area contributed by atoms with Crippen molar-refractivity contribution in [1.82, 2.24) is 15.2 Å². The summed E-state index contributed by atoms with van der Waals surface area (Å²) in [5.41, 5.74) is 1.39. The first kappa shape index (κ1) is 13.0. The number of thiazole rings is 1. The van der Waals surface area contributed by atoms with Gasteiger partial charge in [0.2, 0.25) is 0 Å². The molecular weight excluding hydrogens is 230 g/mol.